The van der Waals surface area contributed by atoms with E-state index in [9.17, 15) is 13.2 Å². The summed E-state index contributed by atoms with van der Waals surface area (Å²) in [5, 5.41) is -0.364. The van der Waals surface area contributed by atoms with Gasteiger partial charge >= 0.3 is 0 Å². The van der Waals surface area contributed by atoms with Crippen molar-refractivity contribution < 1.29 is 13.2 Å². The molecule has 0 amide bonds. The number of hydrogen-bond donors (Lipinski definition) is 1. The van der Waals surface area contributed by atoms with E-state index in [-0.39, 0.29) is 5.02 Å². The Morgan fingerprint density at radius 1 is 1.50 bits per heavy atom. The van der Waals surface area contributed by atoms with E-state index in [0.29, 0.717) is 0 Å². The molecule has 0 aliphatic heterocycles. The molecule has 0 spiro atoms. The van der Waals surface area contributed by atoms with Crippen LogP contribution in [0, 0.1) is 5.82 Å². The number of nitrogens with two attached hydrogens (primary N) is 1. The second-order valence-electron chi connectivity index (χ2n) is 2.02. The topological polar surface area (TPSA) is 38.9 Å². The number of anilines is 1. The normalized spacial score (nSPS) is 10.8. The van der Waals surface area contributed by atoms with Crippen LogP contribution in [-0.4, -0.2) is 4.98 Å². The molecule has 0 bridgehead atoms. The second-order valence-corrected chi connectivity index (χ2v) is 2.43. The summed E-state index contributed by atoms with van der Waals surface area (Å²) in [7, 11) is 0. The third-order valence-corrected chi connectivity index (χ3v) is 1.51. The third kappa shape index (κ3) is 1.45. The van der Waals surface area contributed by atoms with Crippen molar-refractivity contribution in [3.8, 4) is 0 Å². The van der Waals surface area contributed by atoms with E-state index in [0.717, 1.165) is 6.20 Å². The molecule has 0 aliphatic carbocycles. The number of rotatable bonds is 1. The number of aromatic nitrogens is 1. The summed E-state index contributed by atoms with van der Waals surface area (Å²) in [6, 6.07) is 0. The molecule has 12 heavy (non-hydrogen) atoms. The van der Waals surface area contributed by atoms with Gasteiger partial charge in [-0.05, 0) is 0 Å². The van der Waals surface area contributed by atoms with Gasteiger partial charge in [-0.25, -0.2) is 13.2 Å². The Balaban J connectivity index is 3.27. The Hall–Kier alpha value is -0.970. The predicted octanol–water partition coefficient (Wildman–Crippen LogP) is 2.39. The lowest BCUT2D eigenvalue weighted by atomic mass is 10.3. The van der Waals surface area contributed by atoms with E-state index >= 15 is 0 Å². The fourth-order valence-electron chi connectivity index (χ4n) is 0.667. The maximum atomic E-state index is 12.7. The van der Waals surface area contributed by atoms with E-state index in [1.165, 1.54) is 0 Å². The van der Waals surface area contributed by atoms with Crippen LogP contribution in [0.15, 0.2) is 6.20 Å². The van der Waals surface area contributed by atoms with Crippen LogP contribution in [0.25, 0.3) is 0 Å². The van der Waals surface area contributed by atoms with E-state index in [1.807, 2.05) is 0 Å². The van der Waals surface area contributed by atoms with Crippen LogP contribution in [0.1, 0.15) is 12.1 Å². The SMILES string of the molecule is Nc1c(C(F)F)ncc(Cl)c1F. The van der Waals surface area contributed by atoms with Gasteiger partial charge in [0.1, 0.15) is 5.69 Å². The summed E-state index contributed by atoms with van der Waals surface area (Å²) in [4.78, 5) is 3.19. The van der Waals surface area contributed by atoms with Crippen LogP contribution in [0.5, 0.6) is 0 Å². The average molecular weight is 197 g/mol. The monoisotopic (exact) mass is 196 g/mol. The van der Waals surface area contributed by atoms with Gasteiger partial charge in [0.25, 0.3) is 6.43 Å². The number of pyridine rings is 1. The molecule has 0 aromatic carbocycles. The quantitative estimate of drug-likeness (QED) is 0.749. The fourth-order valence-corrected chi connectivity index (χ4v) is 0.818. The maximum Gasteiger partial charge on any atom is 0.282 e. The molecule has 6 heteroatoms. The molecule has 0 fully saturated rings. The summed E-state index contributed by atoms with van der Waals surface area (Å²) in [6.07, 6.45) is -2.09. The number of hydrogen-bond acceptors (Lipinski definition) is 2. The molecule has 2 nitrogen and oxygen atoms in total. The largest absolute Gasteiger partial charge is 0.395 e. The highest BCUT2D eigenvalue weighted by Crippen LogP contribution is 2.28. The lowest BCUT2D eigenvalue weighted by Crippen LogP contribution is -2.01. The lowest BCUT2D eigenvalue weighted by Gasteiger charge is -2.04. The van der Waals surface area contributed by atoms with Crippen LogP contribution in [0.2, 0.25) is 5.02 Å². The number of nitrogen functional groups attached to an aromatic ring is 1. The first-order chi connectivity index (χ1) is 5.54. The van der Waals surface area contributed by atoms with Crippen LogP contribution in [0.4, 0.5) is 18.9 Å². The summed E-state index contributed by atoms with van der Waals surface area (Å²) < 4.78 is 36.7. The summed E-state index contributed by atoms with van der Waals surface area (Å²) in [5.41, 5.74) is 3.51. The number of alkyl halides is 2. The molecule has 0 saturated heterocycles. The van der Waals surface area contributed by atoms with Crippen molar-refractivity contribution in [3.05, 3.63) is 22.7 Å². The van der Waals surface area contributed by atoms with Crippen molar-refractivity contribution in [2.24, 2.45) is 0 Å². The van der Waals surface area contributed by atoms with E-state index in [2.05, 4.69) is 4.98 Å². The van der Waals surface area contributed by atoms with E-state index in [1.54, 1.807) is 0 Å². The lowest BCUT2D eigenvalue weighted by molar-refractivity contribution is 0.146. The smallest absolute Gasteiger partial charge is 0.282 e. The zero-order valence-corrected chi connectivity index (χ0v) is 6.45. The van der Waals surface area contributed by atoms with Gasteiger partial charge in [-0.2, -0.15) is 0 Å². The molecule has 1 aromatic rings. The molecule has 0 saturated carbocycles. The average Bonchev–Trinajstić information content (AvgIpc) is 2.00. The Morgan fingerprint density at radius 3 is 2.58 bits per heavy atom. The van der Waals surface area contributed by atoms with Gasteiger partial charge in [0.15, 0.2) is 5.82 Å². The van der Waals surface area contributed by atoms with Gasteiger partial charge in [-0.3, -0.25) is 4.98 Å². The molecular formula is C6H4ClF3N2. The standard InChI is InChI=1S/C6H4ClF3N2/c7-2-1-12-5(6(9)10)4(11)3(2)8/h1,6H,11H2. The Kier molecular flexibility index (Phi) is 2.42. The Bertz CT molecular complexity index is 303. The maximum absolute atomic E-state index is 12.7. The highest BCUT2D eigenvalue weighted by Gasteiger charge is 2.17. The van der Waals surface area contributed by atoms with Gasteiger partial charge in [-0.15, -0.1) is 0 Å². The van der Waals surface area contributed by atoms with E-state index < -0.39 is 23.6 Å². The highest BCUT2D eigenvalue weighted by molar-refractivity contribution is 6.30. The van der Waals surface area contributed by atoms with Crippen LogP contribution >= 0.6 is 11.6 Å². The van der Waals surface area contributed by atoms with Gasteiger partial charge in [0.2, 0.25) is 0 Å². The van der Waals surface area contributed by atoms with E-state index in [4.69, 9.17) is 17.3 Å². The van der Waals surface area contributed by atoms with Crippen molar-refractivity contribution in [3.63, 3.8) is 0 Å². The van der Waals surface area contributed by atoms with Crippen LogP contribution < -0.4 is 5.73 Å². The number of nitrogens with zero attached hydrogens (tertiary/aromatic N) is 1. The minimum absolute atomic E-state index is 0.364. The third-order valence-electron chi connectivity index (χ3n) is 1.25. The van der Waals surface area contributed by atoms with Gasteiger partial charge in [0.05, 0.1) is 10.7 Å². The molecule has 1 heterocycles. The van der Waals surface area contributed by atoms with Gasteiger partial charge in [-0.1, -0.05) is 11.6 Å². The minimum atomic E-state index is -2.89. The minimum Gasteiger partial charge on any atom is -0.395 e. The molecular weight excluding hydrogens is 193 g/mol. The van der Waals surface area contributed by atoms with Crippen molar-refractivity contribution >= 4 is 17.3 Å². The zero-order valence-electron chi connectivity index (χ0n) is 5.69. The first kappa shape index (κ1) is 9.12. The summed E-state index contributed by atoms with van der Waals surface area (Å²) in [6.45, 7) is 0. The Morgan fingerprint density at radius 2 is 2.08 bits per heavy atom. The first-order valence-corrected chi connectivity index (χ1v) is 3.29. The molecule has 1 aromatic heterocycles. The summed E-state index contributed by atoms with van der Waals surface area (Å²) in [5.74, 6) is -1.05. The van der Waals surface area contributed by atoms with Crippen LogP contribution in [0.3, 0.4) is 0 Å². The predicted molar refractivity (Wildman–Crippen MR) is 38.6 cm³/mol. The van der Waals surface area contributed by atoms with Crippen molar-refractivity contribution in [2.75, 3.05) is 5.73 Å². The zero-order chi connectivity index (χ0) is 9.30. The molecule has 2 N–H and O–H groups in total. The van der Waals surface area contributed by atoms with Crippen molar-refractivity contribution in [2.45, 2.75) is 6.43 Å². The van der Waals surface area contributed by atoms with Gasteiger partial charge in [0, 0.05) is 6.20 Å². The molecule has 0 atom stereocenters. The molecule has 0 aliphatic rings. The fraction of sp³-hybridized carbons (Fsp3) is 0.167. The van der Waals surface area contributed by atoms with Crippen molar-refractivity contribution in [1.29, 1.82) is 0 Å². The van der Waals surface area contributed by atoms with Gasteiger partial charge < -0.3 is 5.73 Å². The second kappa shape index (κ2) is 3.18. The van der Waals surface area contributed by atoms with Crippen molar-refractivity contribution in [1.82, 2.24) is 4.98 Å². The first-order valence-electron chi connectivity index (χ1n) is 2.91. The molecule has 1 rings (SSSR count). The molecule has 0 radical (unpaired) electrons. The molecule has 0 unspecified atom stereocenters. The Labute approximate surface area is 71.2 Å². The summed E-state index contributed by atoms with van der Waals surface area (Å²) >= 11 is 5.23. The molecule has 66 valence electrons. The highest BCUT2D eigenvalue weighted by atomic mass is 35.5. The van der Waals surface area contributed by atoms with Crippen LogP contribution in [-0.2, 0) is 0 Å². The number of halogens is 4.